The van der Waals surface area contributed by atoms with Crippen LogP contribution in [0.4, 0.5) is 0 Å². The Morgan fingerprint density at radius 3 is 2.89 bits per heavy atom. The van der Waals surface area contributed by atoms with E-state index in [0.29, 0.717) is 6.04 Å². The molecule has 0 saturated carbocycles. The molecule has 2 nitrogen and oxygen atoms in total. The number of nitrogens with one attached hydrogen (secondary N) is 1. The van der Waals surface area contributed by atoms with E-state index in [2.05, 4.69) is 48.6 Å². The van der Waals surface area contributed by atoms with Gasteiger partial charge in [0.1, 0.15) is 0 Å². The molecule has 2 heterocycles. The maximum Gasteiger partial charge on any atom is 0.0505 e. The highest BCUT2D eigenvalue weighted by Gasteiger charge is 2.13. The number of thiophene rings is 1. The summed E-state index contributed by atoms with van der Waals surface area (Å²) < 4.78 is 1.35. The summed E-state index contributed by atoms with van der Waals surface area (Å²) in [6.07, 6.45) is 5.37. The molecule has 0 spiro atoms. The van der Waals surface area contributed by atoms with Gasteiger partial charge >= 0.3 is 0 Å². The predicted molar refractivity (Wildman–Crippen MR) is 84.9 cm³/mol. The second-order valence-corrected chi connectivity index (χ2v) is 6.52. The molecular weight excluding hydrogens is 252 g/mol. The molecule has 0 aliphatic carbocycles. The number of hydrogen-bond donors (Lipinski definition) is 1. The Morgan fingerprint density at radius 1 is 1.32 bits per heavy atom. The summed E-state index contributed by atoms with van der Waals surface area (Å²) in [6.45, 7) is 7.90. The number of pyridine rings is 1. The fourth-order valence-corrected chi connectivity index (χ4v) is 3.31. The molecule has 0 bridgehead atoms. The van der Waals surface area contributed by atoms with E-state index in [1.54, 1.807) is 11.3 Å². The molecule has 104 valence electrons. The molecule has 2 aromatic heterocycles. The Morgan fingerprint density at radius 2 is 2.16 bits per heavy atom. The van der Waals surface area contributed by atoms with Crippen LogP contribution in [0.1, 0.15) is 39.3 Å². The van der Waals surface area contributed by atoms with Crippen molar-refractivity contribution in [2.45, 2.75) is 46.1 Å². The van der Waals surface area contributed by atoms with Crippen LogP contribution in [0.25, 0.3) is 10.1 Å². The van der Waals surface area contributed by atoms with Crippen molar-refractivity contribution in [1.29, 1.82) is 0 Å². The van der Waals surface area contributed by atoms with Crippen LogP contribution in [0.3, 0.4) is 0 Å². The van der Waals surface area contributed by atoms with E-state index >= 15 is 0 Å². The summed E-state index contributed by atoms with van der Waals surface area (Å²) in [6, 6.07) is 4.85. The molecule has 1 unspecified atom stereocenters. The van der Waals surface area contributed by atoms with E-state index in [-0.39, 0.29) is 0 Å². The Hall–Kier alpha value is -0.930. The molecule has 19 heavy (non-hydrogen) atoms. The van der Waals surface area contributed by atoms with Crippen LogP contribution in [0.2, 0.25) is 0 Å². The van der Waals surface area contributed by atoms with Crippen molar-refractivity contribution in [3.8, 4) is 0 Å². The van der Waals surface area contributed by atoms with E-state index in [1.165, 1.54) is 28.6 Å². The van der Waals surface area contributed by atoms with Gasteiger partial charge in [-0.1, -0.05) is 20.8 Å². The molecule has 1 N–H and O–H groups in total. The largest absolute Gasteiger partial charge is 0.314 e. The molecule has 0 aliphatic rings. The van der Waals surface area contributed by atoms with Gasteiger partial charge in [-0.05, 0) is 42.8 Å². The Balaban J connectivity index is 2.12. The predicted octanol–water partition coefficient (Wildman–Crippen LogP) is 4.25. The minimum atomic E-state index is 0.540. The van der Waals surface area contributed by atoms with Crippen molar-refractivity contribution < 1.29 is 0 Å². The van der Waals surface area contributed by atoms with E-state index < -0.39 is 0 Å². The third kappa shape index (κ3) is 4.02. The Labute approximate surface area is 120 Å². The van der Waals surface area contributed by atoms with Gasteiger partial charge in [0, 0.05) is 28.7 Å². The first-order valence-electron chi connectivity index (χ1n) is 7.25. The van der Waals surface area contributed by atoms with E-state index in [1.807, 2.05) is 6.20 Å². The smallest absolute Gasteiger partial charge is 0.0505 e. The van der Waals surface area contributed by atoms with Crippen LogP contribution in [0, 0.1) is 5.92 Å². The zero-order valence-electron chi connectivity index (χ0n) is 12.1. The normalized spacial score (nSPS) is 13.3. The summed E-state index contributed by atoms with van der Waals surface area (Å²) in [5, 5.41) is 7.16. The molecule has 0 amide bonds. The fraction of sp³-hybridized carbons (Fsp3) is 0.562. The number of nitrogens with zero attached hydrogens (tertiary/aromatic N) is 1. The summed E-state index contributed by atoms with van der Waals surface area (Å²) in [5.74, 6) is 0.719. The molecule has 2 aromatic rings. The van der Waals surface area contributed by atoms with Gasteiger partial charge in [0.2, 0.25) is 0 Å². The van der Waals surface area contributed by atoms with Gasteiger partial charge in [-0.3, -0.25) is 4.98 Å². The second-order valence-electron chi connectivity index (χ2n) is 5.57. The quantitative estimate of drug-likeness (QED) is 0.817. The standard InChI is InChI=1S/C16H24N2S/c1-4-7-17-13(10-12(2)3)11-15-14-6-9-19-16(14)5-8-18-15/h5-6,8-9,12-13,17H,4,7,10-11H2,1-3H3. The third-order valence-corrected chi connectivity index (χ3v) is 4.22. The minimum Gasteiger partial charge on any atom is -0.314 e. The van der Waals surface area contributed by atoms with Crippen LogP contribution in [0.5, 0.6) is 0 Å². The first-order valence-corrected chi connectivity index (χ1v) is 8.13. The lowest BCUT2D eigenvalue weighted by molar-refractivity contribution is 0.414. The van der Waals surface area contributed by atoms with Crippen molar-refractivity contribution in [3.05, 3.63) is 29.4 Å². The Kier molecular flexibility index (Phi) is 5.34. The van der Waals surface area contributed by atoms with Crippen LogP contribution in [0.15, 0.2) is 23.7 Å². The topological polar surface area (TPSA) is 24.9 Å². The van der Waals surface area contributed by atoms with Gasteiger partial charge in [0.05, 0.1) is 5.69 Å². The molecule has 1 atom stereocenters. The average molecular weight is 276 g/mol. The number of aromatic nitrogens is 1. The van der Waals surface area contributed by atoms with Crippen molar-refractivity contribution in [2.24, 2.45) is 5.92 Å². The molecule has 2 rings (SSSR count). The van der Waals surface area contributed by atoms with E-state index in [9.17, 15) is 0 Å². The maximum atomic E-state index is 4.60. The minimum absolute atomic E-state index is 0.540. The van der Waals surface area contributed by atoms with E-state index in [4.69, 9.17) is 0 Å². The molecular formula is C16H24N2S. The lowest BCUT2D eigenvalue weighted by Gasteiger charge is -2.20. The highest BCUT2D eigenvalue weighted by atomic mass is 32.1. The van der Waals surface area contributed by atoms with Gasteiger partial charge in [0.15, 0.2) is 0 Å². The molecule has 0 aromatic carbocycles. The van der Waals surface area contributed by atoms with Crippen molar-refractivity contribution in [1.82, 2.24) is 10.3 Å². The van der Waals surface area contributed by atoms with Gasteiger partial charge in [-0.15, -0.1) is 11.3 Å². The van der Waals surface area contributed by atoms with Gasteiger partial charge in [0.25, 0.3) is 0 Å². The van der Waals surface area contributed by atoms with Crippen LogP contribution >= 0.6 is 11.3 Å². The lowest BCUT2D eigenvalue weighted by Crippen LogP contribution is -2.33. The summed E-state index contributed by atoms with van der Waals surface area (Å²) >= 11 is 1.80. The van der Waals surface area contributed by atoms with Crippen LogP contribution < -0.4 is 5.32 Å². The van der Waals surface area contributed by atoms with E-state index in [0.717, 1.165) is 18.9 Å². The summed E-state index contributed by atoms with van der Waals surface area (Å²) in [5.41, 5.74) is 1.24. The van der Waals surface area contributed by atoms with Crippen molar-refractivity contribution in [2.75, 3.05) is 6.54 Å². The monoisotopic (exact) mass is 276 g/mol. The number of rotatable bonds is 7. The highest BCUT2D eigenvalue weighted by molar-refractivity contribution is 7.17. The van der Waals surface area contributed by atoms with Crippen molar-refractivity contribution in [3.63, 3.8) is 0 Å². The van der Waals surface area contributed by atoms with Crippen LogP contribution in [-0.2, 0) is 6.42 Å². The summed E-state index contributed by atoms with van der Waals surface area (Å²) in [4.78, 5) is 4.60. The molecule has 0 saturated heterocycles. The Bertz CT molecular complexity index is 504. The molecule has 0 fully saturated rings. The lowest BCUT2D eigenvalue weighted by atomic mass is 9.98. The molecule has 3 heteroatoms. The zero-order chi connectivity index (χ0) is 13.7. The molecule has 0 radical (unpaired) electrons. The van der Waals surface area contributed by atoms with Gasteiger partial charge in [-0.2, -0.15) is 0 Å². The number of fused-ring (bicyclic) bond motifs is 1. The highest BCUT2D eigenvalue weighted by Crippen LogP contribution is 2.24. The summed E-state index contributed by atoms with van der Waals surface area (Å²) in [7, 11) is 0. The van der Waals surface area contributed by atoms with Crippen LogP contribution in [-0.4, -0.2) is 17.6 Å². The second kappa shape index (κ2) is 7.01. The van der Waals surface area contributed by atoms with Gasteiger partial charge in [-0.25, -0.2) is 0 Å². The first kappa shape index (κ1) is 14.5. The maximum absolute atomic E-state index is 4.60. The fourth-order valence-electron chi connectivity index (χ4n) is 2.51. The first-order chi connectivity index (χ1) is 9.20. The third-order valence-electron chi connectivity index (χ3n) is 3.34. The number of hydrogen-bond acceptors (Lipinski definition) is 3. The molecule has 0 aliphatic heterocycles. The average Bonchev–Trinajstić information content (AvgIpc) is 2.84. The van der Waals surface area contributed by atoms with Gasteiger partial charge < -0.3 is 5.32 Å². The SMILES string of the molecule is CCCNC(Cc1nccc2sccc12)CC(C)C. The van der Waals surface area contributed by atoms with Crippen molar-refractivity contribution >= 4 is 21.4 Å². The zero-order valence-corrected chi connectivity index (χ0v) is 13.0.